The highest BCUT2D eigenvalue weighted by atomic mass is 32.2. The molecule has 0 saturated carbocycles. The molecule has 1 saturated heterocycles. The summed E-state index contributed by atoms with van der Waals surface area (Å²) in [6.07, 6.45) is 3.99. The number of nitrogens with zero attached hydrogens (tertiary/aromatic N) is 1. The van der Waals surface area contributed by atoms with Crippen LogP contribution in [-0.2, 0) is 21.2 Å². The first-order chi connectivity index (χ1) is 11.4. The first-order valence-corrected chi connectivity index (χ1v) is 10.1. The van der Waals surface area contributed by atoms with Crippen LogP contribution in [0.1, 0.15) is 24.8 Å². The van der Waals surface area contributed by atoms with E-state index in [0.717, 1.165) is 24.2 Å². The topological polar surface area (TPSA) is 75.7 Å². The molecule has 1 aromatic carbocycles. The van der Waals surface area contributed by atoms with Gasteiger partial charge in [0, 0.05) is 26.1 Å². The lowest BCUT2D eigenvalue weighted by atomic mass is 9.98. The zero-order valence-corrected chi connectivity index (χ0v) is 15.1. The van der Waals surface area contributed by atoms with Crippen molar-refractivity contribution in [1.82, 2.24) is 9.62 Å². The van der Waals surface area contributed by atoms with Gasteiger partial charge in [-0.3, -0.25) is 4.79 Å². The van der Waals surface area contributed by atoms with Crippen LogP contribution >= 0.6 is 0 Å². The van der Waals surface area contributed by atoms with Crippen LogP contribution in [0.25, 0.3) is 0 Å². The van der Waals surface area contributed by atoms with Crippen molar-refractivity contribution in [3.8, 4) is 5.75 Å². The maximum Gasteiger partial charge on any atom is 0.220 e. The van der Waals surface area contributed by atoms with Gasteiger partial charge in [-0.2, -0.15) is 0 Å². The molecule has 134 valence electrons. The number of carbonyl (C=O) groups excluding carboxylic acids is 1. The smallest absolute Gasteiger partial charge is 0.220 e. The SMILES string of the molecule is COc1ccc(CCC(=O)NCC2CCN(S(C)(=O)=O)CC2)cc1. The Balaban J connectivity index is 1.66. The van der Waals surface area contributed by atoms with Gasteiger partial charge in [0.1, 0.15) is 5.75 Å². The summed E-state index contributed by atoms with van der Waals surface area (Å²) in [7, 11) is -1.46. The zero-order chi connectivity index (χ0) is 17.6. The molecule has 0 aliphatic carbocycles. The van der Waals surface area contributed by atoms with Crippen molar-refractivity contribution >= 4 is 15.9 Å². The molecule has 0 radical (unpaired) electrons. The monoisotopic (exact) mass is 354 g/mol. The molecule has 1 N–H and O–H groups in total. The van der Waals surface area contributed by atoms with Crippen LogP contribution in [0.15, 0.2) is 24.3 Å². The average molecular weight is 354 g/mol. The molecule has 1 aromatic rings. The number of rotatable bonds is 7. The van der Waals surface area contributed by atoms with Gasteiger partial charge in [0.05, 0.1) is 13.4 Å². The van der Waals surface area contributed by atoms with Crippen molar-refractivity contribution in [2.24, 2.45) is 5.92 Å². The maximum atomic E-state index is 12.0. The summed E-state index contributed by atoms with van der Waals surface area (Å²) in [4.78, 5) is 12.0. The number of ether oxygens (including phenoxy) is 1. The van der Waals surface area contributed by atoms with Gasteiger partial charge in [-0.15, -0.1) is 0 Å². The third-order valence-electron chi connectivity index (χ3n) is 4.43. The van der Waals surface area contributed by atoms with E-state index < -0.39 is 10.0 Å². The van der Waals surface area contributed by atoms with E-state index in [1.54, 1.807) is 7.11 Å². The van der Waals surface area contributed by atoms with Gasteiger partial charge in [-0.25, -0.2) is 12.7 Å². The molecule has 0 spiro atoms. The number of nitrogens with one attached hydrogen (secondary N) is 1. The van der Waals surface area contributed by atoms with E-state index in [9.17, 15) is 13.2 Å². The molecule has 6 nitrogen and oxygen atoms in total. The number of methoxy groups -OCH3 is 1. The van der Waals surface area contributed by atoms with Crippen molar-refractivity contribution < 1.29 is 17.9 Å². The minimum Gasteiger partial charge on any atom is -0.497 e. The van der Waals surface area contributed by atoms with Crippen molar-refractivity contribution in [3.05, 3.63) is 29.8 Å². The molecule has 7 heteroatoms. The molecular weight excluding hydrogens is 328 g/mol. The molecule has 1 heterocycles. The predicted octanol–water partition coefficient (Wildman–Crippen LogP) is 1.42. The third-order valence-corrected chi connectivity index (χ3v) is 5.73. The lowest BCUT2D eigenvalue weighted by molar-refractivity contribution is -0.121. The van der Waals surface area contributed by atoms with Crippen molar-refractivity contribution in [2.75, 3.05) is 33.0 Å². The predicted molar refractivity (Wildman–Crippen MR) is 93.5 cm³/mol. The van der Waals surface area contributed by atoms with Crippen molar-refractivity contribution in [3.63, 3.8) is 0 Å². The van der Waals surface area contributed by atoms with Crippen LogP contribution in [0, 0.1) is 5.92 Å². The van der Waals surface area contributed by atoms with Crippen LogP contribution in [0.4, 0.5) is 0 Å². The minimum absolute atomic E-state index is 0.0383. The van der Waals surface area contributed by atoms with E-state index in [4.69, 9.17) is 4.74 Å². The highest BCUT2D eigenvalue weighted by Gasteiger charge is 2.24. The molecule has 2 rings (SSSR count). The van der Waals surface area contributed by atoms with Gasteiger partial charge >= 0.3 is 0 Å². The maximum absolute atomic E-state index is 12.0. The number of hydrogen-bond acceptors (Lipinski definition) is 4. The summed E-state index contributed by atoms with van der Waals surface area (Å²) in [5.41, 5.74) is 1.10. The lowest BCUT2D eigenvalue weighted by Crippen LogP contribution is -2.41. The standard InChI is InChI=1S/C17H26N2O4S/c1-23-16-6-3-14(4-7-16)5-8-17(20)18-13-15-9-11-19(12-10-15)24(2,21)22/h3-4,6-7,15H,5,8-13H2,1-2H3,(H,18,20). The number of amides is 1. The van der Waals surface area contributed by atoms with Crippen LogP contribution in [0.5, 0.6) is 5.75 Å². The Morgan fingerprint density at radius 2 is 1.88 bits per heavy atom. The Bertz CT molecular complexity index is 635. The van der Waals surface area contributed by atoms with Crippen molar-refractivity contribution in [2.45, 2.75) is 25.7 Å². The number of sulfonamides is 1. The number of benzene rings is 1. The van der Waals surface area contributed by atoms with E-state index >= 15 is 0 Å². The van der Waals surface area contributed by atoms with Gasteiger partial charge in [-0.05, 0) is 42.9 Å². The summed E-state index contributed by atoms with van der Waals surface area (Å²) in [5.74, 6) is 1.20. The first-order valence-electron chi connectivity index (χ1n) is 8.23. The Morgan fingerprint density at radius 1 is 1.25 bits per heavy atom. The van der Waals surface area contributed by atoms with Gasteiger partial charge < -0.3 is 10.1 Å². The second-order valence-electron chi connectivity index (χ2n) is 6.26. The Kier molecular flexibility index (Phi) is 6.62. The van der Waals surface area contributed by atoms with E-state index in [1.807, 2.05) is 24.3 Å². The largest absolute Gasteiger partial charge is 0.497 e. The third kappa shape index (κ3) is 5.79. The van der Waals surface area contributed by atoms with Gasteiger partial charge in [0.25, 0.3) is 0 Å². The molecule has 1 aliphatic heterocycles. The van der Waals surface area contributed by atoms with Crippen LogP contribution in [-0.4, -0.2) is 51.6 Å². The second-order valence-corrected chi connectivity index (χ2v) is 8.24. The van der Waals surface area contributed by atoms with Gasteiger partial charge in [0.2, 0.25) is 15.9 Å². The first kappa shape index (κ1) is 18.7. The Labute approximate surface area is 144 Å². The number of aryl methyl sites for hydroxylation is 1. The average Bonchev–Trinajstić information content (AvgIpc) is 2.58. The lowest BCUT2D eigenvalue weighted by Gasteiger charge is -2.30. The Morgan fingerprint density at radius 3 is 2.42 bits per heavy atom. The fourth-order valence-electron chi connectivity index (χ4n) is 2.84. The van der Waals surface area contributed by atoms with Gasteiger partial charge in [-0.1, -0.05) is 12.1 Å². The van der Waals surface area contributed by atoms with E-state index in [2.05, 4.69) is 5.32 Å². The zero-order valence-electron chi connectivity index (χ0n) is 14.3. The molecule has 0 unspecified atom stereocenters. The fourth-order valence-corrected chi connectivity index (χ4v) is 3.72. The second kappa shape index (κ2) is 8.48. The van der Waals surface area contributed by atoms with Crippen LogP contribution in [0.2, 0.25) is 0 Å². The molecule has 0 bridgehead atoms. The van der Waals surface area contributed by atoms with E-state index in [0.29, 0.717) is 38.4 Å². The van der Waals surface area contributed by atoms with Crippen LogP contribution < -0.4 is 10.1 Å². The summed E-state index contributed by atoms with van der Waals surface area (Å²) in [5, 5.41) is 2.97. The van der Waals surface area contributed by atoms with Crippen molar-refractivity contribution in [1.29, 1.82) is 0 Å². The quantitative estimate of drug-likeness (QED) is 0.803. The Hall–Kier alpha value is -1.60. The normalized spacial score (nSPS) is 16.8. The van der Waals surface area contributed by atoms with Crippen LogP contribution in [0.3, 0.4) is 0 Å². The van der Waals surface area contributed by atoms with E-state index in [-0.39, 0.29) is 5.91 Å². The molecular formula is C17H26N2O4S. The summed E-state index contributed by atoms with van der Waals surface area (Å²) in [6.45, 7) is 1.72. The number of piperidine rings is 1. The molecule has 1 amide bonds. The number of hydrogen-bond donors (Lipinski definition) is 1. The fraction of sp³-hybridized carbons (Fsp3) is 0.588. The summed E-state index contributed by atoms with van der Waals surface area (Å²) >= 11 is 0. The summed E-state index contributed by atoms with van der Waals surface area (Å²) < 4.78 is 29.6. The van der Waals surface area contributed by atoms with E-state index in [1.165, 1.54) is 10.6 Å². The molecule has 0 aromatic heterocycles. The number of carbonyl (C=O) groups is 1. The minimum atomic E-state index is -3.09. The molecule has 0 atom stereocenters. The molecule has 1 fully saturated rings. The summed E-state index contributed by atoms with van der Waals surface area (Å²) in [6, 6.07) is 7.71. The highest BCUT2D eigenvalue weighted by Crippen LogP contribution is 2.18. The molecule has 24 heavy (non-hydrogen) atoms. The van der Waals surface area contributed by atoms with Gasteiger partial charge in [0.15, 0.2) is 0 Å². The molecule has 1 aliphatic rings. The highest BCUT2D eigenvalue weighted by molar-refractivity contribution is 7.88.